The quantitative estimate of drug-likeness (QED) is 0.822. The van der Waals surface area contributed by atoms with Gasteiger partial charge >= 0.3 is 0 Å². The van der Waals surface area contributed by atoms with Crippen molar-refractivity contribution in [1.82, 2.24) is 5.32 Å². The van der Waals surface area contributed by atoms with Gasteiger partial charge in [0.15, 0.2) is 0 Å². The normalized spacial score (nSPS) is 22.2. The number of carbonyl (C=O) groups excluding carboxylic acids is 1. The van der Waals surface area contributed by atoms with Gasteiger partial charge in [0.25, 0.3) is 5.91 Å². The molecule has 1 aliphatic heterocycles. The monoisotopic (exact) mass is 275 g/mol. The van der Waals surface area contributed by atoms with E-state index in [9.17, 15) is 4.79 Å². The minimum absolute atomic E-state index is 0.0000221. The Morgan fingerprint density at radius 1 is 1.21 bits per heavy atom. The number of hydrogen-bond acceptors (Lipinski definition) is 1. The van der Waals surface area contributed by atoms with Crippen molar-refractivity contribution in [1.29, 1.82) is 0 Å². The molecule has 0 atom stereocenters. The van der Waals surface area contributed by atoms with Crippen LogP contribution in [0.4, 0.5) is 0 Å². The molecule has 0 unspecified atom stereocenters. The maximum atomic E-state index is 12.1. The Morgan fingerprint density at radius 2 is 2.00 bits per heavy atom. The summed E-state index contributed by atoms with van der Waals surface area (Å²) in [5.41, 5.74) is 2.84. The van der Waals surface area contributed by atoms with E-state index in [0.29, 0.717) is 10.9 Å². The molecule has 1 heterocycles. The van der Waals surface area contributed by atoms with Gasteiger partial charge < -0.3 is 5.32 Å². The highest BCUT2D eigenvalue weighted by Gasteiger charge is 2.21. The van der Waals surface area contributed by atoms with Crippen LogP contribution in [0.1, 0.15) is 48.0 Å². The lowest BCUT2D eigenvalue weighted by Crippen LogP contribution is -2.30. The first-order valence-electron chi connectivity index (χ1n) is 7.03. The Morgan fingerprint density at radius 3 is 2.79 bits per heavy atom. The van der Waals surface area contributed by atoms with Gasteiger partial charge in [-0.05, 0) is 42.5 Å². The molecule has 1 N–H and O–H groups in total. The Balaban J connectivity index is 1.83. The third-order valence-electron chi connectivity index (χ3n) is 4.05. The zero-order chi connectivity index (χ0) is 13.2. The zero-order valence-corrected chi connectivity index (χ0v) is 11.7. The van der Waals surface area contributed by atoms with Gasteiger partial charge in [0.05, 0.1) is 0 Å². The predicted molar refractivity (Wildman–Crippen MR) is 77.3 cm³/mol. The Kier molecular flexibility index (Phi) is 3.61. The van der Waals surface area contributed by atoms with Crippen molar-refractivity contribution < 1.29 is 4.79 Å². The Bertz CT molecular complexity index is 530. The van der Waals surface area contributed by atoms with Crippen LogP contribution in [-0.2, 0) is 6.42 Å². The lowest BCUT2D eigenvalue weighted by atomic mass is 9.87. The van der Waals surface area contributed by atoms with E-state index in [0.717, 1.165) is 23.2 Å². The predicted octanol–water partition coefficient (Wildman–Crippen LogP) is 4.09. The fraction of sp³-hybridized carbons (Fsp3) is 0.438. The van der Waals surface area contributed by atoms with E-state index in [4.69, 9.17) is 11.6 Å². The summed E-state index contributed by atoms with van der Waals surface area (Å²) in [7, 11) is 0. The highest BCUT2D eigenvalue weighted by Crippen LogP contribution is 2.28. The summed E-state index contributed by atoms with van der Waals surface area (Å²) in [6.07, 6.45) is 9.53. The van der Waals surface area contributed by atoms with E-state index < -0.39 is 0 Å². The van der Waals surface area contributed by atoms with E-state index in [2.05, 4.69) is 11.4 Å². The second-order valence-electron chi connectivity index (χ2n) is 5.52. The lowest BCUT2D eigenvalue weighted by molar-refractivity contribution is 0.0958. The second kappa shape index (κ2) is 5.38. The van der Waals surface area contributed by atoms with E-state index in [-0.39, 0.29) is 5.91 Å². The third kappa shape index (κ3) is 2.84. The summed E-state index contributed by atoms with van der Waals surface area (Å²) in [5, 5.41) is 3.72. The molecule has 1 aromatic rings. The number of allylic oxidation sites excluding steroid dienone is 2. The van der Waals surface area contributed by atoms with Crippen LogP contribution in [-0.4, -0.2) is 5.91 Å². The number of rotatable bonds is 1. The summed E-state index contributed by atoms with van der Waals surface area (Å²) >= 11 is 6.01. The van der Waals surface area contributed by atoms with Crippen molar-refractivity contribution in [2.45, 2.75) is 38.5 Å². The summed E-state index contributed by atoms with van der Waals surface area (Å²) < 4.78 is 0. The van der Waals surface area contributed by atoms with Gasteiger partial charge in [-0.25, -0.2) is 0 Å². The zero-order valence-electron chi connectivity index (χ0n) is 10.9. The first-order valence-corrected chi connectivity index (χ1v) is 7.40. The molecule has 1 aromatic carbocycles. The first-order chi connectivity index (χ1) is 9.22. The molecule has 19 heavy (non-hydrogen) atoms. The first kappa shape index (κ1) is 12.7. The van der Waals surface area contributed by atoms with Crippen LogP contribution < -0.4 is 5.32 Å². The maximum absolute atomic E-state index is 12.1. The van der Waals surface area contributed by atoms with Crippen LogP contribution >= 0.6 is 11.6 Å². The standard InChI is InChI=1S/C16H18ClNO/c17-13-6-7-15-12(9-13)10-14(18-16(15)19)8-11-4-2-1-3-5-11/h6-9,11H,1-5,10H2,(H,18,19)/b14-8+. The summed E-state index contributed by atoms with van der Waals surface area (Å²) in [6.45, 7) is 0. The second-order valence-corrected chi connectivity index (χ2v) is 5.96. The van der Waals surface area contributed by atoms with Crippen molar-refractivity contribution in [2.24, 2.45) is 5.92 Å². The molecule has 3 heteroatoms. The number of halogens is 1. The fourth-order valence-corrected chi connectivity index (χ4v) is 3.27. The van der Waals surface area contributed by atoms with Crippen molar-refractivity contribution in [3.05, 3.63) is 46.1 Å². The molecule has 3 rings (SSSR count). The molecule has 1 fully saturated rings. The number of hydrogen-bond donors (Lipinski definition) is 1. The van der Waals surface area contributed by atoms with Crippen LogP contribution in [0, 0.1) is 5.92 Å². The summed E-state index contributed by atoms with van der Waals surface area (Å²) in [4.78, 5) is 12.1. The molecule has 2 aliphatic rings. The number of amides is 1. The van der Waals surface area contributed by atoms with Crippen LogP contribution in [0.2, 0.25) is 5.02 Å². The highest BCUT2D eigenvalue weighted by molar-refractivity contribution is 6.30. The molecular weight excluding hydrogens is 258 g/mol. The van der Waals surface area contributed by atoms with Gasteiger partial charge in [-0.15, -0.1) is 0 Å². The Labute approximate surface area is 118 Å². The van der Waals surface area contributed by atoms with E-state index >= 15 is 0 Å². The average Bonchev–Trinajstić information content (AvgIpc) is 2.39. The number of benzene rings is 1. The van der Waals surface area contributed by atoms with E-state index in [1.165, 1.54) is 32.1 Å². The third-order valence-corrected chi connectivity index (χ3v) is 4.29. The summed E-state index contributed by atoms with van der Waals surface area (Å²) in [6, 6.07) is 5.49. The molecule has 0 bridgehead atoms. The molecule has 0 spiro atoms. The van der Waals surface area contributed by atoms with Gasteiger partial charge in [0.2, 0.25) is 0 Å². The van der Waals surface area contributed by atoms with Crippen LogP contribution in [0.3, 0.4) is 0 Å². The minimum Gasteiger partial charge on any atom is -0.326 e. The van der Waals surface area contributed by atoms with Crippen molar-refractivity contribution in [3.63, 3.8) is 0 Å². The molecular formula is C16H18ClNO. The maximum Gasteiger partial charge on any atom is 0.255 e. The molecule has 100 valence electrons. The summed E-state index contributed by atoms with van der Waals surface area (Å²) in [5.74, 6) is 0.629. The Hall–Kier alpha value is -1.28. The number of nitrogens with one attached hydrogen (secondary N) is 1. The van der Waals surface area contributed by atoms with E-state index in [1.54, 1.807) is 6.07 Å². The fourth-order valence-electron chi connectivity index (χ4n) is 3.08. The van der Waals surface area contributed by atoms with E-state index in [1.807, 2.05) is 12.1 Å². The molecule has 0 radical (unpaired) electrons. The van der Waals surface area contributed by atoms with Gasteiger partial charge in [-0.2, -0.15) is 0 Å². The average molecular weight is 276 g/mol. The molecule has 1 saturated carbocycles. The molecule has 1 amide bonds. The number of fused-ring (bicyclic) bond motifs is 1. The van der Waals surface area contributed by atoms with Crippen molar-refractivity contribution in [3.8, 4) is 0 Å². The largest absolute Gasteiger partial charge is 0.326 e. The van der Waals surface area contributed by atoms with Crippen LogP contribution in [0.15, 0.2) is 30.0 Å². The smallest absolute Gasteiger partial charge is 0.255 e. The lowest BCUT2D eigenvalue weighted by Gasteiger charge is -2.23. The minimum atomic E-state index is -0.0000221. The number of carbonyl (C=O) groups is 1. The van der Waals surface area contributed by atoms with Gasteiger partial charge in [0.1, 0.15) is 0 Å². The highest BCUT2D eigenvalue weighted by atomic mass is 35.5. The molecule has 0 aromatic heterocycles. The van der Waals surface area contributed by atoms with Crippen molar-refractivity contribution >= 4 is 17.5 Å². The van der Waals surface area contributed by atoms with Crippen molar-refractivity contribution in [2.75, 3.05) is 0 Å². The van der Waals surface area contributed by atoms with Crippen LogP contribution in [0.5, 0.6) is 0 Å². The topological polar surface area (TPSA) is 29.1 Å². The SMILES string of the molecule is O=C1N/C(=C/C2CCCCC2)Cc2cc(Cl)ccc21. The molecule has 1 aliphatic carbocycles. The van der Waals surface area contributed by atoms with Gasteiger partial charge in [-0.1, -0.05) is 36.9 Å². The van der Waals surface area contributed by atoms with Crippen LogP contribution in [0.25, 0.3) is 0 Å². The molecule has 0 saturated heterocycles. The van der Waals surface area contributed by atoms with Gasteiger partial charge in [0, 0.05) is 22.7 Å². The molecule has 2 nitrogen and oxygen atoms in total. The van der Waals surface area contributed by atoms with Gasteiger partial charge in [-0.3, -0.25) is 4.79 Å².